The molecule has 1 aromatic heterocycles. The molecule has 0 aliphatic heterocycles. The summed E-state index contributed by atoms with van der Waals surface area (Å²) >= 11 is 0. The summed E-state index contributed by atoms with van der Waals surface area (Å²) in [5.41, 5.74) is 4.54. The van der Waals surface area contributed by atoms with Crippen LogP contribution in [0.2, 0.25) is 0 Å². The summed E-state index contributed by atoms with van der Waals surface area (Å²) < 4.78 is 14.9. The minimum atomic E-state index is -0.305. The Hall–Kier alpha value is -3.74. The smallest absolute Gasteiger partial charge is 0.248 e. The first-order valence-electron chi connectivity index (χ1n) is 10.1. The zero-order valence-corrected chi connectivity index (χ0v) is 17.4. The molecule has 2 amide bonds. The van der Waals surface area contributed by atoms with Gasteiger partial charge in [-0.2, -0.15) is 5.10 Å². The number of carbonyl (C=O) groups is 2. The SMILES string of the molecule is Cc1nn(-c2ccc(F)cc2)c(C)c1/C=C/C(=O)Nc1ccc(NC(=O)C2CC2)cc1. The van der Waals surface area contributed by atoms with Crippen LogP contribution < -0.4 is 10.6 Å². The van der Waals surface area contributed by atoms with Crippen molar-refractivity contribution in [3.05, 3.63) is 77.4 Å². The monoisotopic (exact) mass is 418 g/mol. The lowest BCUT2D eigenvalue weighted by Crippen LogP contribution is -2.13. The van der Waals surface area contributed by atoms with Crippen molar-refractivity contribution < 1.29 is 14.0 Å². The fraction of sp³-hybridized carbons (Fsp3) is 0.208. The predicted molar refractivity (Wildman–Crippen MR) is 118 cm³/mol. The van der Waals surface area contributed by atoms with Crippen LogP contribution in [0, 0.1) is 25.6 Å². The normalized spacial score (nSPS) is 13.4. The molecule has 0 spiro atoms. The van der Waals surface area contributed by atoms with E-state index in [-0.39, 0.29) is 23.5 Å². The third kappa shape index (κ3) is 4.88. The molecular weight excluding hydrogens is 395 g/mol. The Morgan fingerprint density at radius 2 is 1.61 bits per heavy atom. The fourth-order valence-electron chi connectivity index (χ4n) is 3.30. The van der Waals surface area contributed by atoms with E-state index in [9.17, 15) is 14.0 Å². The molecule has 0 atom stereocenters. The standard InChI is InChI=1S/C24H23FN4O2/c1-15-22(16(2)29(28-15)21-11-5-18(25)6-12-21)13-14-23(30)26-19-7-9-20(10-8-19)27-24(31)17-3-4-17/h5-14,17H,3-4H2,1-2H3,(H,26,30)(H,27,31)/b14-13+. The lowest BCUT2D eigenvalue weighted by Gasteiger charge is -2.06. The number of nitrogens with zero attached hydrogens (tertiary/aromatic N) is 2. The topological polar surface area (TPSA) is 76.0 Å². The maximum absolute atomic E-state index is 13.2. The Balaban J connectivity index is 1.41. The Kier molecular flexibility index (Phi) is 5.66. The highest BCUT2D eigenvalue weighted by atomic mass is 19.1. The molecule has 1 aliphatic rings. The summed E-state index contributed by atoms with van der Waals surface area (Å²) in [6, 6.07) is 13.1. The molecule has 0 bridgehead atoms. The number of amides is 2. The summed E-state index contributed by atoms with van der Waals surface area (Å²) in [5.74, 6) is -0.390. The first kappa shape index (κ1) is 20.5. The number of hydrogen-bond donors (Lipinski definition) is 2. The number of aromatic nitrogens is 2. The van der Waals surface area contributed by atoms with Crippen molar-refractivity contribution in [3.63, 3.8) is 0 Å². The molecule has 3 aromatic rings. The van der Waals surface area contributed by atoms with E-state index in [2.05, 4.69) is 15.7 Å². The molecule has 1 saturated carbocycles. The number of nitrogens with one attached hydrogen (secondary N) is 2. The molecule has 4 rings (SSSR count). The molecule has 1 heterocycles. The Bertz CT molecular complexity index is 1140. The van der Waals surface area contributed by atoms with E-state index in [1.807, 2.05) is 13.8 Å². The van der Waals surface area contributed by atoms with Crippen LogP contribution in [0.15, 0.2) is 54.6 Å². The van der Waals surface area contributed by atoms with E-state index in [0.717, 1.165) is 35.5 Å². The van der Waals surface area contributed by atoms with Gasteiger partial charge in [0.25, 0.3) is 0 Å². The average molecular weight is 418 g/mol. The molecule has 1 aliphatic carbocycles. The molecule has 0 saturated heterocycles. The second-order valence-corrected chi connectivity index (χ2v) is 7.64. The summed E-state index contributed by atoms with van der Waals surface area (Å²) in [6.07, 6.45) is 5.08. The van der Waals surface area contributed by atoms with Crippen molar-refractivity contribution in [1.82, 2.24) is 9.78 Å². The van der Waals surface area contributed by atoms with Gasteiger partial charge in [-0.15, -0.1) is 0 Å². The summed E-state index contributed by atoms with van der Waals surface area (Å²) in [4.78, 5) is 24.2. The number of aryl methyl sites for hydroxylation is 1. The Labute approximate surface area is 179 Å². The van der Waals surface area contributed by atoms with Gasteiger partial charge in [0, 0.05) is 34.6 Å². The van der Waals surface area contributed by atoms with Crippen molar-refractivity contribution in [2.45, 2.75) is 26.7 Å². The molecule has 6 nitrogen and oxygen atoms in total. The lowest BCUT2D eigenvalue weighted by molar-refractivity contribution is -0.117. The number of benzene rings is 2. The predicted octanol–water partition coefficient (Wildman–Crippen LogP) is 4.63. The molecular formula is C24H23FN4O2. The van der Waals surface area contributed by atoms with Gasteiger partial charge in [0.15, 0.2) is 0 Å². The van der Waals surface area contributed by atoms with Gasteiger partial charge in [0.1, 0.15) is 5.82 Å². The van der Waals surface area contributed by atoms with E-state index in [1.54, 1.807) is 47.2 Å². The minimum Gasteiger partial charge on any atom is -0.326 e. The van der Waals surface area contributed by atoms with E-state index < -0.39 is 0 Å². The second kappa shape index (κ2) is 8.55. The van der Waals surface area contributed by atoms with E-state index in [0.29, 0.717) is 11.4 Å². The van der Waals surface area contributed by atoms with E-state index in [4.69, 9.17) is 0 Å². The van der Waals surface area contributed by atoms with Gasteiger partial charge in [-0.25, -0.2) is 9.07 Å². The molecule has 158 valence electrons. The van der Waals surface area contributed by atoms with Gasteiger partial charge in [-0.05, 0) is 81.3 Å². The van der Waals surface area contributed by atoms with E-state index in [1.165, 1.54) is 18.2 Å². The number of halogens is 1. The van der Waals surface area contributed by atoms with Crippen LogP contribution in [-0.2, 0) is 9.59 Å². The quantitative estimate of drug-likeness (QED) is 0.573. The molecule has 7 heteroatoms. The van der Waals surface area contributed by atoms with Crippen molar-refractivity contribution in [2.75, 3.05) is 10.6 Å². The van der Waals surface area contributed by atoms with Crippen LogP contribution >= 0.6 is 0 Å². The van der Waals surface area contributed by atoms with Crippen LogP contribution in [0.25, 0.3) is 11.8 Å². The maximum Gasteiger partial charge on any atom is 0.248 e. The maximum atomic E-state index is 13.2. The third-order valence-corrected chi connectivity index (χ3v) is 5.19. The zero-order valence-electron chi connectivity index (χ0n) is 17.4. The van der Waals surface area contributed by atoms with Crippen LogP contribution in [0.4, 0.5) is 15.8 Å². The van der Waals surface area contributed by atoms with Crippen molar-refractivity contribution in [3.8, 4) is 5.69 Å². The minimum absolute atomic E-state index is 0.0478. The van der Waals surface area contributed by atoms with Gasteiger partial charge in [-0.3, -0.25) is 9.59 Å². The average Bonchev–Trinajstić information content (AvgIpc) is 3.56. The molecule has 2 aromatic carbocycles. The number of carbonyl (C=O) groups excluding carboxylic acids is 2. The third-order valence-electron chi connectivity index (χ3n) is 5.19. The largest absolute Gasteiger partial charge is 0.326 e. The highest BCUT2D eigenvalue weighted by molar-refractivity contribution is 6.02. The van der Waals surface area contributed by atoms with Gasteiger partial charge in [0.2, 0.25) is 11.8 Å². The summed E-state index contributed by atoms with van der Waals surface area (Å²) in [6.45, 7) is 3.76. The van der Waals surface area contributed by atoms with E-state index >= 15 is 0 Å². The van der Waals surface area contributed by atoms with Crippen LogP contribution in [0.3, 0.4) is 0 Å². The van der Waals surface area contributed by atoms with Crippen LogP contribution in [0.5, 0.6) is 0 Å². The van der Waals surface area contributed by atoms with Crippen LogP contribution in [0.1, 0.15) is 29.8 Å². The van der Waals surface area contributed by atoms with Crippen LogP contribution in [-0.4, -0.2) is 21.6 Å². The Morgan fingerprint density at radius 3 is 2.23 bits per heavy atom. The van der Waals surface area contributed by atoms with Gasteiger partial charge in [-0.1, -0.05) is 0 Å². The molecule has 0 radical (unpaired) electrons. The zero-order chi connectivity index (χ0) is 22.0. The molecule has 2 N–H and O–H groups in total. The summed E-state index contributed by atoms with van der Waals surface area (Å²) in [7, 11) is 0. The second-order valence-electron chi connectivity index (χ2n) is 7.64. The van der Waals surface area contributed by atoms with Gasteiger partial charge in [0.05, 0.1) is 11.4 Å². The van der Waals surface area contributed by atoms with Crippen molar-refractivity contribution >= 4 is 29.3 Å². The number of rotatable bonds is 6. The number of hydrogen-bond acceptors (Lipinski definition) is 3. The molecule has 31 heavy (non-hydrogen) atoms. The number of anilines is 2. The highest BCUT2D eigenvalue weighted by Crippen LogP contribution is 2.30. The Morgan fingerprint density at radius 1 is 1.00 bits per heavy atom. The first-order valence-corrected chi connectivity index (χ1v) is 10.1. The van der Waals surface area contributed by atoms with Crippen molar-refractivity contribution in [1.29, 1.82) is 0 Å². The van der Waals surface area contributed by atoms with Crippen molar-refractivity contribution in [2.24, 2.45) is 5.92 Å². The molecule has 0 unspecified atom stereocenters. The lowest BCUT2D eigenvalue weighted by atomic mass is 10.2. The fourth-order valence-corrected chi connectivity index (χ4v) is 3.30. The molecule has 1 fully saturated rings. The first-order chi connectivity index (χ1) is 14.9. The van der Waals surface area contributed by atoms with Gasteiger partial charge >= 0.3 is 0 Å². The van der Waals surface area contributed by atoms with Gasteiger partial charge < -0.3 is 10.6 Å². The summed E-state index contributed by atoms with van der Waals surface area (Å²) in [5, 5.41) is 10.2. The highest BCUT2D eigenvalue weighted by Gasteiger charge is 2.29.